The third kappa shape index (κ3) is 4.63. The van der Waals surface area contributed by atoms with Crippen molar-refractivity contribution in [1.82, 2.24) is 0 Å². The SMILES string of the molecule is CC(C)(C)OC(=O)Nc1ccc(C(=O)Nc2ccc3c(c2)CCC3)cc1. The number of rotatable bonds is 3. The minimum absolute atomic E-state index is 0.174. The van der Waals surface area contributed by atoms with Gasteiger partial charge in [0.2, 0.25) is 0 Å². The van der Waals surface area contributed by atoms with Gasteiger partial charge < -0.3 is 10.1 Å². The maximum atomic E-state index is 12.4. The van der Waals surface area contributed by atoms with E-state index in [1.54, 1.807) is 45.0 Å². The fraction of sp³-hybridized carbons (Fsp3) is 0.333. The van der Waals surface area contributed by atoms with E-state index in [9.17, 15) is 9.59 Å². The molecule has 5 heteroatoms. The highest BCUT2D eigenvalue weighted by atomic mass is 16.6. The highest BCUT2D eigenvalue weighted by Gasteiger charge is 2.16. The average Bonchev–Trinajstić information content (AvgIpc) is 3.01. The lowest BCUT2D eigenvalue weighted by Gasteiger charge is -2.19. The topological polar surface area (TPSA) is 67.4 Å². The summed E-state index contributed by atoms with van der Waals surface area (Å²) >= 11 is 0. The summed E-state index contributed by atoms with van der Waals surface area (Å²) in [5.74, 6) is -0.174. The van der Waals surface area contributed by atoms with Crippen LogP contribution in [-0.2, 0) is 17.6 Å². The normalized spacial score (nSPS) is 13.0. The first-order chi connectivity index (χ1) is 12.3. The van der Waals surface area contributed by atoms with Crippen LogP contribution in [0.3, 0.4) is 0 Å². The molecule has 2 N–H and O–H groups in total. The summed E-state index contributed by atoms with van der Waals surface area (Å²) in [7, 11) is 0. The van der Waals surface area contributed by atoms with Gasteiger partial charge in [0.25, 0.3) is 5.91 Å². The van der Waals surface area contributed by atoms with E-state index in [0.717, 1.165) is 18.5 Å². The van der Waals surface area contributed by atoms with Crippen LogP contribution >= 0.6 is 0 Å². The maximum Gasteiger partial charge on any atom is 0.412 e. The molecule has 0 saturated carbocycles. The Morgan fingerprint density at radius 1 is 0.885 bits per heavy atom. The molecule has 136 valence electrons. The highest BCUT2D eigenvalue weighted by Crippen LogP contribution is 2.25. The standard InChI is InChI=1S/C21H24N2O3/c1-21(2,3)26-20(25)23-17-10-8-15(9-11-17)19(24)22-18-12-7-14-5-4-6-16(14)13-18/h7-13H,4-6H2,1-3H3,(H,22,24)(H,23,25). The van der Waals surface area contributed by atoms with Gasteiger partial charge in [-0.3, -0.25) is 10.1 Å². The van der Waals surface area contributed by atoms with Crippen LogP contribution in [0.2, 0.25) is 0 Å². The number of anilines is 2. The molecule has 0 saturated heterocycles. The minimum Gasteiger partial charge on any atom is -0.444 e. The van der Waals surface area contributed by atoms with Gasteiger partial charge in [-0.05, 0) is 87.6 Å². The highest BCUT2D eigenvalue weighted by molar-refractivity contribution is 6.04. The molecule has 1 aliphatic rings. The molecule has 26 heavy (non-hydrogen) atoms. The van der Waals surface area contributed by atoms with E-state index < -0.39 is 11.7 Å². The zero-order valence-electron chi connectivity index (χ0n) is 15.4. The van der Waals surface area contributed by atoms with Crippen LogP contribution in [0.5, 0.6) is 0 Å². The number of aryl methyl sites for hydroxylation is 2. The molecular weight excluding hydrogens is 328 g/mol. The van der Waals surface area contributed by atoms with Crippen LogP contribution in [0.15, 0.2) is 42.5 Å². The van der Waals surface area contributed by atoms with Gasteiger partial charge in [-0.1, -0.05) is 6.07 Å². The molecule has 0 spiro atoms. The number of carbonyl (C=O) groups is 2. The smallest absolute Gasteiger partial charge is 0.412 e. The van der Waals surface area contributed by atoms with Gasteiger partial charge in [0.15, 0.2) is 0 Å². The molecule has 2 aromatic rings. The van der Waals surface area contributed by atoms with E-state index >= 15 is 0 Å². The van der Waals surface area contributed by atoms with E-state index in [-0.39, 0.29) is 5.91 Å². The predicted octanol–water partition coefficient (Wildman–Crippen LogP) is 4.77. The Hall–Kier alpha value is -2.82. The lowest BCUT2D eigenvalue weighted by atomic mass is 10.1. The number of benzene rings is 2. The van der Waals surface area contributed by atoms with Crippen molar-refractivity contribution in [3.63, 3.8) is 0 Å². The molecule has 0 aromatic heterocycles. The van der Waals surface area contributed by atoms with Crippen molar-refractivity contribution in [2.45, 2.75) is 45.6 Å². The monoisotopic (exact) mass is 352 g/mol. The Kier molecular flexibility index (Phi) is 4.98. The molecule has 0 atom stereocenters. The van der Waals surface area contributed by atoms with Gasteiger partial charge in [0.05, 0.1) is 0 Å². The molecule has 0 bridgehead atoms. The van der Waals surface area contributed by atoms with E-state index in [1.165, 1.54) is 17.5 Å². The molecule has 0 aliphatic heterocycles. The fourth-order valence-corrected chi connectivity index (χ4v) is 2.98. The van der Waals surface area contributed by atoms with E-state index in [1.807, 2.05) is 6.07 Å². The van der Waals surface area contributed by atoms with Gasteiger partial charge in [-0.2, -0.15) is 0 Å². The average molecular weight is 352 g/mol. The summed E-state index contributed by atoms with van der Waals surface area (Å²) in [6.07, 6.45) is 2.85. The van der Waals surface area contributed by atoms with Crippen molar-refractivity contribution in [2.75, 3.05) is 10.6 Å². The van der Waals surface area contributed by atoms with E-state index in [4.69, 9.17) is 4.74 Å². The largest absolute Gasteiger partial charge is 0.444 e. The zero-order valence-corrected chi connectivity index (χ0v) is 15.4. The first-order valence-electron chi connectivity index (χ1n) is 8.83. The van der Waals surface area contributed by atoms with Gasteiger partial charge in [0.1, 0.15) is 5.60 Å². The maximum absolute atomic E-state index is 12.4. The second kappa shape index (κ2) is 7.20. The zero-order chi connectivity index (χ0) is 18.7. The number of fused-ring (bicyclic) bond motifs is 1. The summed E-state index contributed by atoms with van der Waals surface area (Å²) in [4.78, 5) is 24.2. The Balaban J connectivity index is 1.61. The van der Waals surface area contributed by atoms with Crippen molar-refractivity contribution in [2.24, 2.45) is 0 Å². The van der Waals surface area contributed by atoms with Gasteiger partial charge in [-0.25, -0.2) is 4.79 Å². The quantitative estimate of drug-likeness (QED) is 0.836. The lowest BCUT2D eigenvalue weighted by molar-refractivity contribution is 0.0636. The second-order valence-electron chi connectivity index (χ2n) is 7.50. The minimum atomic E-state index is -0.556. The first-order valence-corrected chi connectivity index (χ1v) is 8.83. The van der Waals surface area contributed by atoms with Crippen molar-refractivity contribution in [3.05, 3.63) is 59.2 Å². The summed E-state index contributed by atoms with van der Waals surface area (Å²) in [6, 6.07) is 12.8. The van der Waals surface area contributed by atoms with Crippen molar-refractivity contribution in [1.29, 1.82) is 0 Å². The van der Waals surface area contributed by atoms with E-state index in [2.05, 4.69) is 22.8 Å². The third-order valence-electron chi connectivity index (χ3n) is 4.15. The Bertz CT molecular complexity index is 820. The second-order valence-corrected chi connectivity index (χ2v) is 7.50. The molecule has 2 amide bonds. The number of carbonyl (C=O) groups excluding carboxylic acids is 2. The summed E-state index contributed by atoms with van der Waals surface area (Å²) in [5.41, 5.74) is 4.06. The third-order valence-corrected chi connectivity index (χ3v) is 4.15. The number of hydrogen-bond acceptors (Lipinski definition) is 3. The molecule has 5 nitrogen and oxygen atoms in total. The first kappa shape index (κ1) is 18.0. The van der Waals surface area contributed by atoms with Crippen molar-refractivity contribution >= 4 is 23.4 Å². The van der Waals surface area contributed by atoms with Crippen LogP contribution in [0.4, 0.5) is 16.2 Å². The summed E-state index contributed by atoms with van der Waals surface area (Å²) < 4.78 is 5.21. The molecule has 0 radical (unpaired) electrons. The van der Waals surface area contributed by atoms with Crippen LogP contribution in [0, 0.1) is 0 Å². The van der Waals surface area contributed by atoms with Crippen LogP contribution < -0.4 is 10.6 Å². The number of amides is 2. The molecule has 0 heterocycles. The van der Waals surface area contributed by atoms with Crippen LogP contribution in [0.1, 0.15) is 48.7 Å². The van der Waals surface area contributed by atoms with Gasteiger partial charge in [0, 0.05) is 16.9 Å². The fourth-order valence-electron chi connectivity index (χ4n) is 2.98. The van der Waals surface area contributed by atoms with Crippen LogP contribution in [-0.4, -0.2) is 17.6 Å². The van der Waals surface area contributed by atoms with Crippen molar-refractivity contribution in [3.8, 4) is 0 Å². The van der Waals surface area contributed by atoms with Crippen LogP contribution in [0.25, 0.3) is 0 Å². The number of hydrogen-bond donors (Lipinski definition) is 2. The number of ether oxygens (including phenoxy) is 1. The molecule has 1 aliphatic carbocycles. The van der Waals surface area contributed by atoms with Gasteiger partial charge in [-0.15, -0.1) is 0 Å². The molecule has 0 unspecified atom stereocenters. The molecule has 2 aromatic carbocycles. The Labute approximate surface area is 153 Å². The molecule has 3 rings (SSSR count). The Morgan fingerprint density at radius 3 is 2.23 bits per heavy atom. The lowest BCUT2D eigenvalue weighted by Crippen LogP contribution is -2.27. The van der Waals surface area contributed by atoms with Gasteiger partial charge >= 0.3 is 6.09 Å². The number of nitrogens with one attached hydrogen (secondary N) is 2. The Morgan fingerprint density at radius 2 is 1.54 bits per heavy atom. The molecule has 0 fully saturated rings. The predicted molar refractivity (Wildman–Crippen MR) is 103 cm³/mol. The molecular formula is C21H24N2O3. The summed E-state index contributed by atoms with van der Waals surface area (Å²) in [5, 5.41) is 5.58. The van der Waals surface area contributed by atoms with E-state index in [0.29, 0.717) is 11.3 Å². The van der Waals surface area contributed by atoms with Crippen molar-refractivity contribution < 1.29 is 14.3 Å². The summed E-state index contributed by atoms with van der Waals surface area (Å²) in [6.45, 7) is 5.41.